The average Bonchev–Trinajstić information content (AvgIpc) is 2.85. The molecule has 0 saturated heterocycles. The summed E-state index contributed by atoms with van der Waals surface area (Å²) in [6.07, 6.45) is 6.63. The number of fused-ring (bicyclic) bond motifs is 1. The predicted octanol–water partition coefficient (Wildman–Crippen LogP) is 2.89. The van der Waals surface area contributed by atoms with Gasteiger partial charge >= 0.3 is 0 Å². The lowest BCUT2D eigenvalue weighted by Gasteiger charge is -2.08. The van der Waals surface area contributed by atoms with Crippen LogP contribution in [-0.4, -0.2) is 32.9 Å². The van der Waals surface area contributed by atoms with Gasteiger partial charge in [0, 0.05) is 20.2 Å². The molecule has 0 fully saturated rings. The van der Waals surface area contributed by atoms with Crippen LogP contribution < -0.4 is 5.32 Å². The lowest BCUT2D eigenvalue weighted by Crippen LogP contribution is -2.07. The van der Waals surface area contributed by atoms with Crippen molar-refractivity contribution < 1.29 is 4.74 Å². The minimum atomic E-state index is 0.450. The highest BCUT2D eigenvalue weighted by molar-refractivity contribution is 5.86. The van der Waals surface area contributed by atoms with Crippen molar-refractivity contribution in [3.05, 3.63) is 12.0 Å². The number of ether oxygens (including phenoxy) is 1. The molecule has 0 atom stereocenters. The molecule has 0 saturated carbocycles. The number of unbranched alkanes of at least 4 members (excludes halogenated alkanes) is 3. The molecule has 0 amide bonds. The predicted molar refractivity (Wildman–Crippen MR) is 84.3 cm³/mol. The van der Waals surface area contributed by atoms with Gasteiger partial charge in [0.25, 0.3) is 0 Å². The Morgan fingerprint density at radius 3 is 2.81 bits per heavy atom. The minimum Gasteiger partial charge on any atom is -0.373 e. The SMILES string of the molecule is CCCCCCOCc1nc(NCC)c2cnn(C)c2n1. The van der Waals surface area contributed by atoms with Crippen LogP contribution in [0.2, 0.25) is 0 Å². The number of hydrogen-bond donors (Lipinski definition) is 1. The van der Waals surface area contributed by atoms with Gasteiger partial charge in [-0.15, -0.1) is 0 Å². The molecule has 0 spiro atoms. The molecule has 6 heteroatoms. The van der Waals surface area contributed by atoms with E-state index < -0.39 is 0 Å². The highest BCUT2D eigenvalue weighted by atomic mass is 16.5. The minimum absolute atomic E-state index is 0.450. The summed E-state index contributed by atoms with van der Waals surface area (Å²) in [6.45, 7) is 6.29. The molecule has 21 heavy (non-hydrogen) atoms. The van der Waals surface area contributed by atoms with Crippen LogP contribution in [0.3, 0.4) is 0 Å². The molecule has 0 aliphatic heterocycles. The van der Waals surface area contributed by atoms with Gasteiger partial charge < -0.3 is 10.1 Å². The fourth-order valence-corrected chi connectivity index (χ4v) is 2.23. The van der Waals surface area contributed by atoms with Crippen LogP contribution in [0.1, 0.15) is 45.4 Å². The van der Waals surface area contributed by atoms with Gasteiger partial charge in [-0.05, 0) is 13.3 Å². The van der Waals surface area contributed by atoms with Crippen LogP contribution in [-0.2, 0) is 18.4 Å². The second kappa shape index (κ2) is 7.93. The summed E-state index contributed by atoms with van der Waals surface area (Å²) in [5.41, 5.74) is 0.838. The zero-order chi connectivity index (χ0) is 15.1. The van der Waals surface area contributed by atoms with Crippen molar-refractivity contribution in [2.24, 2.45) is 7.05 Å². The third kappa shape index (κ3) is 4.14. The van der Waals surface area contributed by atoms with Gasteiger partial charge in [0.2, 0.25) is 0 Å². The monoisotopic (exact) mass is 291 g/mol. The zero-order valence-corrected chi connectivity index (χ0v) is 13.2. The molecular formula is C15H25N5O. The van der Waals surface area contributed by atoms with Gasteiger partial charge in [0.15, 0.2) is 11.5 Å². The van der Waals surface area contributed by atoms with E-state index >= 15 is 0 Å². The molecule has 2 aromatic heterocycles. The van der Waals surface area contributed by atoms with Crippen LogP contribution in [0.5, 0.6) is 0 Å². The van der Waals surface area contributed by atoms with E-state index in [9.17, 15) is 0 Å². The summed E-state index contributed by atoms with van der Waals surface area (Å²) in [7, 11) is 1.89. The summed E-state index contributed by atoms with van der Waals surface area (Å²) in [6, 6.07) is 0. The van der Waals surface area contributed by atoms with E-state index in [1.165, 1.54) is 19.3 Å². The first-order valence-corrected chi connectivity index (χ1v) is 7.76. The topological polar surface area (TPSA) is 64.9 Å². The number of hydrogen-bond acceptors (Lipinski definition) is 5. The van der Waals surface area contributed by atoms with Crippen LogP contribution >= 0.6 is 0 Å². The van der Waals surface area contributed by atoms with Gasteiger partial charge in [0.1, 0.15) is 12.4 Å². The maximum atomic E-state index is 5.68. The van der Waals surface area contributed by atoms with E-state index in [2.05, 4.69) is 27.3 Å². The second-order valence-electron chi connectivity index (χ2n) is 5.14. The summed E-state index contributed by atoms with van der Waals surface area (Å²) in [5.74, 6) is 1.54. The fraction of sp³-hybridized carbons (Fsp3) is 0.667. The van der Waals surface area contributed by atoms with Crippen molar-refractivity contribution in [3.8, 4) is 0 Å². The van der Waals surface area contributed by atoms with E-state index in [1.54, 1.807) is 10.9 Å². The maximum Gasteiger partial charge on any atom is 0.163 e. The standard InChI is InChI=1S/C15H25N5O/c1-4-6-7-8-9-21-11-13-18-14(16-5-2)12-10-17-20(3)15(12)19-13/h10H,4-9,11H2,1-3H3,(H,16,18,19). The second-order valence-corrected chi connectivity index (χ2v) is 5.14. The fourth-order valence-electron chi connectivity index (χ4n) is 2.23. The lowest BCUT2D eigenvalue weighted by atomic mass is 10.2. The molecule has 2 heterocycles. The van der Waals surface area contributed by atoms with Crippen LogP contribution in [0, 0.1) is 0 Å². The third-order valence-electron chi connectivity index (χ3n) is 3.36. The van der Waals surface area contributed by atoms with Gasteiger partial charge in [-0.3, -0.25) is 4.68 Å². The molecule has 0 aliphatic rings. The third-order valence-corrected chi connectivity index (χ3v) is 3.36. The van der Waals surface area contributed by atoms with Crippen molar-refractivity contribution in [2.45, 2.75) is 46.1 Å². The Kier molecular flexibility index (Phi) is 5.92. The van der Waals surface area contributed by atoms with Crippen molar-refractivity contribution in [1.82, 2.24) is 19.7 Å². The molecule has 0 aliphatic carbocycles. The quantitative estimate of drug-likeness (QED) is 0.720. The molecule has 1 N–H and O–H groups in total. The van der Waals surface area contributed by atoms with Crippen molar-refractivity contribution in [2.75, 3.05) is 18.5 Å². The molecule has 0 bridgehead atoms. The number of anilines is 1. The maximum absolute atomic E-state index is 5.68. The van der Waals surface area contributed by atoms with E-state index in [0.717, 1.165) is 36.4 Å². The van der Waals surface area contributed by atoms with Gasteiger partial charge in [-0.25, -0.2) is 9.97 Å². The van der Waals surface area contributed by atoms with Gasteiger partial charge in [-0.1, -0.05) is 26.2 Å². The van der Waals surface area contributed by atoms with E-state index in [-0.39, 0.29) is 0 Å². The Morgan fingerprint density at radius 2 is 2.05 bits per heavy atom. The summed E-state index contributed by atoms with van der Waals surface area (Å²) in [4.78, 5) is 9.07. The molecular weight excluding hydrogens is 266 g/mol. The smallest absolute Gasteiger partial charge is 0.163 e. The molecule has 2 aromatic rings. The number of aryl methyl sites for hydroxylation is 1. The molecule has 2 rings (SSSR count). The van der Waals surface area contributed by atoms with Crippen LogP contribution in [0.25, 0.3) is 11.0 Å². The Balaban J connectivity index is 2.00. The normalized spacial score (nSPS) is 11.2. The van der Waals surface area contributed by atoms with Crippen molar-refractivity contribution in [1.29, 1.82) is 0 Å². The molecule has 0 radical (unpaired) electrons. The van der Waals surface area contributed by atoms with Gasteiger partial charge in [0.05, 0.1) is 11.6 Å². The average molecular weight is 291 g/mol. The first-order chi connectivity index (χ1) is 10.3. The van der Waals surface area contributed by atoms with Gasteiger partial charge in [-0.2, -0.15) is 5.10 Å². The molecule has 6 nitrogen and oxygen atoms in total. The first kappa shape index (κ1) is 15.7. The van der Waals surface area contributed by atoms with E-state index in [1.807, 2.05) is 14.0 Å². The molecule has 0 aromatic carbocycles. The van der Waals surface area contributed by atoms with Crippen LogP contribution in [0.15, 0.2) is 6.20 Å². The number of aromatic nitrogens is 4. The van der Waals surface area contributed by atoms with Crippen molar-refractivity contribution >= 4 is 16.9 Å². The molecule has 116 valence electrons. The summed E-state index contributed by atoms with van der Waals surface area (Å²) < 4.78 is 7.45. The summed E-state index contributed by atoms with van der Waals surface area (Å²) >= 11 is 0. The Morgan fingerprint density at radius 1 is 1.19 bits per heavy atom. The zero-order valence-electron chi connectivity index (χ0n) is 13.2. The van der Waals surface area contributed by atoms with Crippen LogP contribution in [0.4, 0.5) is 5.82 Å². The lowest BCUT2D eigenvalue weighted by molar-refractivity contribution is 0.112. The molecule has 0 unspecified atom stereocenters. The highest BCUT2D eigenvalue weighted by Crippen LogP contribution is 2.19. The largest absolute Gasteiger partial charge is 0.373 e. The van der Waals surface area contributed by atoms with E-state index in [0.29, 0.717) is 12.4 Å². The highest BCUT2D eigenvalue weighted by Gasteiger charge is 2.10. The summed E-state index contributed by atoms with van der Waals surface area (Å²) in [5, 5.41) is 8.46. The Labute approximate surface area is 125 Å². The first-order valence-electron chi connectivity index (χ1n) is 7.76. The number of nitrogens with one attached hydrogen (secondary N) is 1. The Bertz CT molecular complexity index is 566. The number of nitrogens with zero attached hydrogens (tertiary/aromatic N) is 4. The number of rotatable bonds is 9. The van der Waals surface area contributed by atoms with E-state index in [4.69, 9.17) is 4.74 Å². The Hall–Kier alpha value is -1.69. The van der Waals surface area contributed by atoms with Crippen molar-refractivity contribution in [3.63, 3.8) is 0 Å².